The molecule has 0 aliphatic carbocycles. The van der Waals surface area contributed by atoms with Crippen molar-refractivity contribution in [3.63, 3.8) is 0 Å². The summed E-state index contributed by atoms with van der Waals surface area (Å²) in [6.45, 7) is 6.03. The van der Waals surface area contributed by atoms with Gasteiger partial charge < -0.3 is 10.4 Å². The highest BCUT2D eigenvalue weighted by Gasteiger charge is 2.15. The Morgan fingerprint density at radius 2 is 2.27 bits per heavy atom. The van der Waals surface area contributed by atoms with E-state index in [9.17, 15) is 5.11 Å². The van der Waals surface area contributed by atoms with Gasteiger partial charge in [-0.05, 0) is 26.8 Å². The summed E-state index contributed by atoms with van der Waals surface area (Å²) in [4.78, 5) is 4.01. The Kier molecular flexibility index (Phi) is 4.08. The van der Waals surface area contributed by atoms with E-state index < -0.39 is 5.60 Å². The largest absolute Gasteiger partial charge is 0.389 e. The second-order valence-corrected chi connectivity index (χ2v) is 4.66. The average Bonchev–Trinajstić information content (AvgIpc) is 2.14. The molecule has 3 nitrogen and oxygen atoms in total. The van der Waals surface area contributed by atoms with Crippen LogP contribution in [0.5, 0.6) is 0 Å². The van der Waals surface area contributed by atoms with Crippen molar-refractivity contribution in [2.75, 3.05) is 6.54 Å². The zero-order valence-corrected chi connectivity index (χ0v) is 10.0. The molecular formula is C11H17ClN2O. The Hall–Kier alpha value is -0.640. The molecule has 0 spiro atoms. The van der Waals surface area contributed by atoms with Crippen molar-refractivity contribution in [2.45, 2.75) is 32.4 Å². The maximum atomic E-state index is 9.57. The maximum absolute atomic E-state index is 9.57. The van der Waals surface area contributed by atoms with Crippen molar-refractivity contribution in [2.24, 2.45) is 0 Å². The van der Waals surface area contributed by atoms with E-state index >= 15 is 0 Å². The quantitative estimate of drug-likeness (QED) is 0.777. The topological polar surface area (TPSA) is 45.1 Å². The monoisotopic (exact) mass is 228 g/mol. The molecule has 1 aromatic rings. The Morgan fingerprint density at radius 1 is 1.60 bits per heavy atom. The van der Waals surface area contributed by atoms with Gasteiger partial charge in [-0.15, -0.1) is 0 Å². The Balaban J connectivity index is 2.62. The molecule has 0 radical (unpaired) electrons. The van der Waals surface area contributed by atoms with Gasteiger partial charge in [-0.25, -0.2) is 4.98 Å². The highest BCUT2D eigenvalue weighted by Crippen LogP contribution is 2.20. The summed E-state index contributed by atoms with van der Waals surface area (Å²) < 4.78 is 0. The number of nitrogens with zero attached hydrogens (tertiary/aromatic N) is 1. The second kappa shape index (κ2) is 4.92. The lowest BCUT2D eigenvalue weighted by atomic mass is 10.1. The fourth-order valence-electron chi connectivity index (χ4n) is 1.23. The number of halogens is 1. The summed E-state index contributed by atoms with van der Waals surface area (Å²) in [5.74, 6) is 0. The van der Waals surface area contributed by atoms with Gasteiger partial charge in [0.1, 0.15) is 5.15 Å². The van der Waals surface area contributed by atoms with E-state index in [0.29, 0.717) is 11.7 Å². The first-order chi connectivity index (χ1) is 6.90. The first-order valence-electron chi connectivity index (χ1n) is 4.96. The van der Waals surface area contributed by atoms with Gasteiger partial charge in [-0.3, -0.25) is 0 Å². The predicted octanol–water partition coefficient (Wildman–Crippen LogP) is 2.16. The normalized spacial score (nSPS) is 13.9. The molecular weight excluding hydrogens is 212 g/mol. The Morgan fingerprint density at radius 3 is 2.80 bits per heavy atom. The third kappa shape index (κ3) is 4.16. The summed E-state index contributed by atoms with van der Waals surface area (Å²) in [6, 6.07) is 3.86. The van der Waals surface area contributed by atoms with Crippen LogP contribution in [0.1, 0.15) is 32.4 Å². The number of aromatic nitrogens is 1. The van der Waals surface area contributed by atoms with Crippen molar-refractivity contribution < 1.29 is 5.11 Å². The average molecular weight is 229 g/mol. The standard InChI is InChI=1S/C11H17ClN2O/c1-8(14-7-11(2,3)15)9-5-4-6-13-10(9)12/h4-6,8,14-15H,7H2,1-3H3. The fourth-order valence-corrected chi connectivity index (χ4v) is 1.52. The van der Waals surface area contributed by atoms with Crippen LogP contribution >= 0.6 is 11.6 Å². The van der Waals surface area contributed by atoms with Gasteiger partial charge in [0.05, 0.1) is 5.60 Å². The fraction of sp³-hybridized carbons (Fsp3) is 0.545. The zero-order valence-electron chi connectivity index (χ0n) is 9.29. The minimum Gasteiger partial charge on any atom is -0.389 e. The van der Waals surface area contributed by atoms with Gasteiger partial charge >= 0.3 is 0 Å². The van der Waals surface area contributed by atoms with Gasteiger partial charge in [-0.2, -0.15) is 0 Å². The molecule has 0 bridgehead atoms. The lowest BCUT2D eigenvalue weighted by Gasteiger charge is -2.22. The van der Waals surface area contributed by atoms with Crippen LogP contribution in [-0.4, -0.2) is 22.2 Å². The smallest absolute Gasteiger partial charge is 0.133 e. The lowest BCUT2D eigenvalue weighted by molar-refractivity contribution is 0.0770. The Labute approximate surface area is 95.5 Å². The van der Waals surface area contributed by atoms with Gasteiger partial charge in [0.15, 0.2) is 0 Å². The van der Waals surface area contributed by atoms with Gasteiger partial charge in [0.25, 0.3) is 0 Å². The molecule has 0 aromatic carbocycles. The van der Waals surface area contributed by atoms with Crippen LogP contribution in [0.25, 0.3) is 0 Å². The second-order valence-electron chi connectivity index (χ2n) is 4.30. The molecule has 0 amide bonds. The molecule has 1 atom stereocenters. The molecule has 15 heavy (non-hydrogen) atoms. The number of aliphatic hydroxyl groups is 1. The molecule has 1 unspecified atom stereocenters. The minimum atomic E-state index is -0.719. The van der Waals surface area contributed by atoms with Crippen LogP contribution in [0.15, 0.2) is 18.3 Å². The van der Waals surface area contributed by atoms with Gasteiger partial charge in [-0.1, -0.05) is 17.7 Å². The number of hydrogen-bond acceptors (Lipinski definition) is 3. The zero-order chi connectivity index (χ0) is 11.5. The number of nitrogens with one attached hydrogen (secondary N) is 1. The highest BCUT2D eigenvalue weighted by atomic mass is 35.5. The van der Waals surface area contributed by atoms with E-state index in [0.717, 1.165) is 5.56 Å². The number of hydrogen-bond donors (Lipinski definition) is 2. The molecule has 0 aliphatic heterocycles. The van der Waals surface area contributed by atoms with Crippen molar-refractivity contribution >= 4 is 11.6 Å². The first kappa shape index (κ1) is 12.4. The third-order valence-electron chi connectivity index (χ3n) is 2.10. The molecule has 1 aromatic heterocycles. The number of pyridine rings is 1. The van der Waals surface area contributed by atoms with Gasteiger partial charge in [0.2, 0.25) is 0 Å². The first-order valence-corrected chi connectivity index (χ1v) is 5.34. The van der Waals surface area contributed by atoms with Crippen LogP contribution < -0.4 is 5.32 Å². The lowest BCUT2D eigenvalue weighted by Crippen LogP contribution is -2.36. The summed E-state index contributed by atoms with van der Waals surface area (Å²) >= 11 is 5.96. The van der Waals surface area contributed by atoms with Crippen LogP contribution in [0.4, 0.5) is 0 Å². The molecule has 2 N–H and O–H groups in total. The summed E-state index contributed by atoms with van der Waals surface area (Å²) in [7, 11) is 0. The number of rotatable bonds is 4. The molecule has 1 rings (SSSR count). The van der Waals surface area contributed by atoms with E-state index in [1.807, 2.05) is 19.1 Å². The van der Waals surface area contributed by atoms with E-state index in [4.69, 9.17) is 11.6 Å². The van der Waals surface area contributed by atoms with E-state index in [1.165, 1.54) is 0 Å². The van der Waals surface area contributed by atoms with Crippen LogP contribution in [0.3, 0.4) is 0 Å². The van der Waals surface area contributed by atoms with E-state index in [2.05, 4.69) is 10.3 Å². The molecule has 1 heterocycles. The Bertz CT molecular complexity index is 323. The van der Waals surface area contributed by atoms with Crippen LogP contribution in [0, 0.1) is 0 Å². The maximum Gasteiger partial charge on any atom is 0.133 e. The van der Waals surface area contributed by atoms with Crippen LogP contribution in [0.2, 0.25) is 5.15 Å². The van der Waals surface area contributed by atoms with E-state index in [1.54, 1.807) is 20.0 Å². The third-order valence-corrected chi connectivity index (χ3v) is 2.41. The molecule has 0 saturated carbocycles. The molecule has 4 heteroatoms. The summed E-state index contributed by atoms with van der Waals surface area (Å²) in [5.41, 5.74) is 0.228. The molecule has 84 valence electrons. The van der Waals surface area contributed by atoms with Crippen molar-refractivity contribution in [3.8, 4) is 0 Å². The van der Waals surface area contributed by atoms with Crippen molar-refractivity contribution in [1.29, 1.82) is 0 Å². The summed E-state index contributed by atoms with van der Waals surface area (Å²) in [6.07, 6.45) is 1.66. The molecule has 0 saturated heterocycles. The molecule has 0 aliphatic rings. The van der Waals surface area contributed by atoms with Gasteiger partial charge in [0, 0.05) is 24.3 Å². The van der Waals surface area contributed by atoms with Crippen LogP contribution in [-0.2, 0) is 0 Å². The highest BCUT2D eigenvalue weighted by molar-refractivity contribution is 6.30. The van der Waals surface area contributed by atoms with Crippen molar-refractivity contribution in [3.05, 3.63) is 29.0 Å². The summed E-state index contributed by atoms with van der Waals surface area (Å²) in [5, 5.41) is 13.3. The molecule has 0 fully saturated rings. The van der Waals surface area contributed by atoms with E-state index in [-0.39, 0.29) is 6.04 Å². The minimum absolute atomic E-state index is 0.0811. The predicted molar refractivity (Wildman–Crippen MR) is 62.0 cm³/mol. The van der Waals surface area contributed by atoms with Crippen molar-refractivity contribution in [1.82, 2.24) is 10.3 Å². The SMILES string of the molecule is CC(NCC(C)(C)O)c1cccnc1Cl.